The number of allylic oxidation sites excluding steroid dienone is 2. The van der Waals surface area contributed by atoms with Crippen molar-refractivity contribution in [2.75, 3.05) is 6.61 Å². The Morgan fingerprint density at radius 2 is 2.07 bits per heavy atom. The van der Waals surface area contributed by atoms with Crippen molar-refractivity contribution >= 4 is 17.6 Å². The topological polar surface area (TPSA) is 110 Å². The maximum atomic E-state index is 10.4. The van der Waals surface area contributed by atoms with Crippen molar-refractivity contribution in [1.29, 1.82) is 0 Å². The first-order valence-corrected chi connectivity index (χ1v) is 10.2. The van der Waals surface area contributed by atoms with E-state index in [1.807, 2.05) is 12.2 Å². The fourth-order valence-corrected chi connectivity index (χ4v) is 3.67. The van der Waals surface area contributed by atoms with Gasteiger partial charge in [0.05, 0.1) is 12.2 Å². The first-order chi connectivity index (χ1) is 13.9. The van der Waals surface area contributed by atoms with Crippen LogP contribution in [0, 0.1) is 11.8 Å². The zero-order chi connectivity index (χ0) is 21.2. The second-order valence-electron chi connectivity index (χ2n) is 7.30. The van der Waals surface area contributed by atoms with Gasteiger partial charge in [-0.15, -0.1) is 0 Å². The molecule has 1 aliphatic rings. The molecule has 1 aromatic rings. The summed E-state index contributed by atoms with van der Waals surface area (Å²) < 4.78 is 5.50. The fourth-order valence-electron chi connectivity index (χ4n) is 3.49. The molecule has 0 heterocycles. The SMILES string of the molecule is O=C([O-])CCC/C=C/C[C@@H]1[C@@H](/C=C/[C@@H](O)COc2cccc(Cl)c2)[C@H](O)C[C@@H]1O.[Na+]. The molecule has 5 atom stereocenters. The number of hydrogen-bond acceptors (Lipinski definition) is 6. The largest absolute Gasteiger partial charge is 1.00 e. The number of carbonyl (C=O) groups is 1. The molecular formula is C22H28ClNaO6. The Bertz CT molecular complexity index is 711. The summed E-state index contributed by atoms with van der Waals surface area (Å²) in [5, 5.41) is 41.6. The standard InChI is InChI=1S/C22H29ClO6.Na/c23-15-6-5-7-17(12-15)29-14-16(24)10-11-19-18(20(25)13-21(19)26)8-3-1-2-4-9-22(27)28;/h1,3,5-7,10-12,16,18-21,24-26H,2,4,8-9,13-14H2,(H,27,28);/q;+1/p-1/b3-1+,11-10+;/t16-,18-,19-,20+,21-;/m1./s1. The van der Waals surface area contributed by atoms with Gasteiger partial charge in [0.15, 0.2) is 0 Å². The minimum atomic E-state index is -1.06. The van der Waals surface area contributed by atoms with Gasteiger partial charge in [0.25, 0.3) is 0 Å². The molecule has 0 radical (unpaired) electrons. The van der Waals surface area contributed by atoms with Crippen LogP contribution >= 0.6 is 11.6 Å². The van der Waals surface area contributed by atoms with Gasteiger partial charge >= 0.3 is 29.6 Å². The van der Waals surface area contributed by atoms with Crippen molar-refractivity contribution in [2.24, 2.45) is 11.8 Å². The maximum Gasteiger partial charge on any atom is 1.00 e. The van der Waals surface area contributed by atoms with E-state index in [4.69, 9.17) is 16.3 Å². The second kappa shape index (κ2) is 14.2. The third-order valence-corrected chi connectivity index (χ3v) is 5.25. The van der Waals surface area contributed by atoms with Crippen LogP contribution in [0.2, 0.25) is 5.02 Å². The van der Waals surface area contributed by atoms with Crippen LogP contribution < -0.4 is 39.4 Å². The normalized spacial score (nSPS) is 24.8. The van der Waals surface area contributed by atoms with Gasteiger partial charge in [0.2, 0.25) is 0 Å². The molecule has 0 aliphatic heterocycles. The average molecular weight is 447 g/mol. The van der Waals surface area contributed by atoms with Gasteiger partial charge in [-0.25, -0.2) is 0 Å². The third-order valence-electron chi connectivity index (χ3n) is 5.01. The molecule has 0 saturated heterocycles. The van der Waals surface area contributed by atoms with Crippen LogP contribution in [0.15, 0.2) is 48.6 Å². The monoisotopic (exact) mass is 446 g/mol. The van der Waals surface area contributed by atoms with E-state index in [1.54, 1.807) is 36.4 Å². The molecule has 1 fully saturated rings. The number of hydrogen-bond donors (Lipinski definition) is 3. The number of unbranched alkanes of at least 4 members (excludes halogenated alkanes) is 1. The smallest absolute Gasteiger partial charge is 0.550 e. The molecule has 0 bridgehead atoms. The van der Waals surface area contributed by atoms with Crippen LogP contribution in [-0.2, 0) is 4.79 Å². The first-order valence-electron chi connectivity index (χ1n) is 9.82. The number of aliphatic carboxylic acids is 1. The van der Waals surface area contributed by atoms with Crippen LogP contribution in [0.4, 0.5) is 0 Å². The minimum Gasteiger partial charge on any atom is -0.550 e. The van der Waals surface area contributed by atoms with Crippen molar-refractivity contribution in [3.8, 4) is 5.75 Å². The summed E-state index contributed by atoms with van der Waals surface area (Å²) in [5.41, 5.74) is 0. The average Bonchev–Trinajstić information content (AvgIpc) is 2.93. The van der Waals surface area contributed by atoms with E-state index in [9.17, 15) is 25.2 Å². The Kier molecular flexibility index (Phi) is 12.9. The van der Waals surface area contributed by atoms with Gasteiger partial charge in [0, 0.05) is 23.3 Å². The number of benzene rings is 1. The van der Waals surface area contributed by atoms with E-state index in [1.165, 1.54) is 0 Å². The van der Waals surface area contributed by atoms with Crippen LogP contribution in [0.5, 0.6) is 5.75 Å². The summed E-state index contributed by atoms with van der Waals surface area (Å²) in [6, 6.07) is 6.89. The molecule has 2 rings (SSSR count). The number of aliphatic hydroxyl groups is 3. The first kappa shape index (κ1) is 27.2. The van der Waals surface area contributed by atoms with E-state index < -0.39 is 24.3 Å². The molecule has 0 spiro atoms. The number of carboxylic acid groups (broad SMARTS) is 1. The number of carbonyl (C=O) groups excluding carboxylic acids is 1. The predicted octanol–water partition coefficient (Wildman–Crippen LogP) is -1.14. The molecule has 8 heteroatoms. The molecule has 0 unspecified atom stereocenters. The van der Waals surface area contributed by atoms with Crippen LogP contribution in [0.3, 0.4) is 0 Å². The molecule has 0 aromatic heterocycles. The molecule has 30 heavy (non-hydrogen) atoms. The Hall–Kier alpha value is -0.860. The summed E-state index contributed by atoms with van der Waals surface area (Å²) in [6.45, 7) is 0.0468. The summed E-state index contributed by atoms with van der Waals surface area (Å²) in [4.78, 5) is 10.4. The number of carboxylic acids is 1. The van der Waals surface area contributed by atoms with Crippen LogP contribution in [-0.4, -0.2) is 46.2 Å². The summed E-state index contributed by atoms with van der Waals surface area (Å²) in [5.74, 6) is -0.947. The van der Waals surface area contributed by atoms with Crippen molar-refractivity contribution in [3.63, 3.8) is 0 Å². The molecular weight excluding hydrogens is 419 g/mol. The number of aliphatic hydroxyl groups excluding tert-OH is 3. The second-order valence-corrected chi connectivity index (χ2v) is 7.74. The van der Waals surface area contributed by atoms with E-state index >= 15 is 0 Å². The quantitative estimate of drug-likeness (QED) is 0.225. The number of ether oxygens (including phenoxy) is 1. The Labute approximate surface area is 204 Å². The minimum absolute atomic E-state index is 0. The van der Waals surface area contributed by atoms with Crippen LogP contribution in [0.1, 0.15) is 32.1 Å². The molecule has 1 aliphatic carbocycles. The van der Waals surface area contributed by atoms with Crippen molar-refractivity contribution < 1.29 is 59.5 Å². The summed E-state index contributed by atoms with van der Waals surface area (Å²) in [6.07, 6.45) is 6.93. The Morgan fingerprint density at radius 1 is 1.30 bits per heavy atom. The van der Waals surface area contributed by atoms with Gasteiger partial charge in [-0.05, 0) is 49.8 Å². The van der Waals surface area contributed by atoms with Gasteiger partial charge in [-0.2, -0.15) is 0 Å². The number of halogens is 1. The molecule has 1 aromatic carbocycles. The summed E-state index contributed by atoms with van der Waals surface area (Å²) in [7, 11) is 0. The van der Waals surface area contributed by atoms with Gasteiger partial charge in [0.1, 0.15) is 18.5 Å². The van der Waals surface area contributed by atoms with Gasteiger partial charge in [-0.3, -0.25) is 0 Å². The summed E-state index contributed by atoms with van der Waals surface area (Å²) >= 11 is 5.89. The molecule has 160 valence electrons. The van der Waals surface area contributed by atoms with Crippen molar-refractivity contribution in [2.45, 2.75) is 50.4 Å². The van der Waals surface area contributed by atoms with Crippen molar-refractivity contribution in [3.05, 3.63) is 53.6 Å². The Balaban J connectivity index is 0.00000450. The van der Waals surface area contributed by atoms with Gasteiger partial charge in [-0.1, -0.05) is 42.0 Å². The zero-order valence-electron chi connectivity index (χ0n) is 17.2. The third kappa shape index (κ3) is 9.52. The van der Waals surface area contributed by atoms with E-state index in [2.05, 4.69) is 0 Å². The molecule has 3 N–H and O–H groups in total. The molecule has 0 amide bonds. The van der Waals surface area contributed by atoms with E-state index in [-0.39, 0.29) is 60.8 Å². The maximum absolute atomic E-state index is 10.4. The van der Waals surface area contributed by atoms with E-state index in [0.717, 1.165) is 0 Å². The Morgan fingerprint density at radius 3 is 2.77 bits per heavy atom. The van der Waals surface area contributed by atoms with Crippen LogP contribution in [0.25, 0.3) is 0 Å². The predicted molar refractivity (Wildman–Crippen MR) is 108 cm³/mol. The number of rotatable bonds is 11. The zero-order valence-corrected chi connectivity index (χ0v) is 19.9. The molecule has 1 saturated carbocycles. The van der Waals surface area contributed by atoms with E-state index in [0.29, 0.717) is 30.0 Å². The fraction of sp³-hybridized carbons (Fsp3) is 0.500. The van der Waals surface area contributed by atoms with Gasteiger partial charge < -0.3 is 30.0 Å². The molecule has 6 nitrogen and oxygen atoms in total. The van der Waals surface area contributed by atoms with Crippen molar-refractivity contribution in [1.82, 2.24) is 0 Å².